The van der Waals surface area contributed by atoms with Crippen molar-refractivity contribution in [2.75, 3.05) is 40.0 Å². The highest BCUT2D eigenvalue weighted by Gasteiger charge is 2.42. The first-order valence-corrected chi connectivity index (χ1v) is 8.66. The van der Waals surface area contributed by atoms with E-state index < -0.39 is 23.8 Å². The number of hydrogen-bond donors (Lipinski definition) is 1. The second-order valence-electron chi connectivity index (χ2n) is 5.99. The molecule has 8 nitrogen and oxygen atoms in total. The summed E-state index contributed by atoms with van der Waals surface area (Å²) in [5, 5.41) is 2.75. The van der Waals surface area contributed by atoms with Gasteiger partial charge in [-0.2, -0.15) is 0 Å². The van der Waals surface area contributed by atoms with Crippen LogP contribution in [0.25, 0.3) is 0 Å². The number of rotatable bonds is 4. The molecule has 140 valence electrons. The molecule has 1 fully saturated rings. The zero-order valence-electron chi connectivity index (χ0n) is 14.9. The molecule has 0 aromatic heterocycles. The van der Waals surface area contributed by atoms with Crippen LogP contribution in [0.4, 0.5) is 0 Å². The topological polar surface area (TPSA) is 89.5 Å². The second kappa shape index (κ2) is 8.18. The fourth-order valence-electron chi connectivity index (χ4n) is 3.04. The molecule has 0 radical (unpaired) electrons. The summed E-state index contributed by atoms with van der Waals surface area (Å²) in [6, 6.07) is 6.55. The quantitative estimate of drug-likeness (QED) is 0.628. The lowest BCUT2D eigenvalue weighted by atomic mass is 9.91. The third kappa shape index (κ3) is 3.80. The summed E-state index contributed by atoms with van der Waals surface area (Å²) in [7, 11) is 1.58. The van der Waals surface area contributed by atoms with E-state index in [-0.39, 0.29) is 6.61 Å². The number of nitrogens with zero attached hydrogens (tertiary/aromatic N) is 2. The zero-order chi connectivity index (χ0) is 18.5. The number of ether oxygens (including phenoxy) is 3. The summed E-state index contributed by atoms with van der Waals surface area (Å²) in [6.45, 7) is 4.34. The average molecular weight is 361 g/mol. The molecule has 1 amide bonds. The van der Waals surface area contributed by atoms with Crippen molar-refractivity contribution in [1.29, 1.82) is 0 Å². The van der Waals surface area contributed by atoms with Gasteiger partial charge < -0.3 is 19.1 Å². The van der Waals surface area contributed by atoms with Crippen LogP contribution in [-0.2, 0) is 19.1 Å². The Morgan fingerprint density at radius 1 is 1.31 bits per heavy atom. The molecule has 0 aliphatic carbocycles. The summed E-state index contributed by atoms with van der Waals surface area (Å²) in [4.78, 5) is 31.7. The summed E-state index contributed by atoms with van der Waals surface area (Å²) in [5.41, 5.74) is 0.754. The molecule has 2 heterocycles. The van der Waals surface area contributed by atoms with Crippen molar-refractivity contribution in [3.05, 3.63) is 29.8 Å². The molecule has 2 unspecified atom stereocenters. The lowest BCUT2D eigenvalue weighted by molar-refractivity contribution is -0.153. The summed E-state index contributed by atoms with van der Waals surface area (Å²) < 4.78 is 15.6. The second-order valence-corrected chi connectivity index (χ2v) is 5.99. The van der Waals surface area contributed by atoms with Crippen LogP contribution in [0, 0.1) is 5.92 Å². The average Bonchev–Trinajstić information content (AvgIpc) is 2.68. The molecule has 1 N–H and O–H groups in total. The Balaban J connectivity index is 1.95. The monoisotopic (exact) mass is 361 g/mol. The number of hydrogen-bond acceptors (Lipinski definition) is 7. The van der Waals surface area contributed by atoms with Crippen molar-refractivity contribution in [3.63, 3.8) is 0 Å². The Hall–Kier alpha value is -2.61. The molecule has 2 atom stereocenters. The number of guanidine groups is 1. The van der Waals surface area contributed by atoms with Crippen LogP contribution in [-0.4, -0.2) is 62.8 Å². The van der Waals surface area contributed by atoms with E-state index in [4.69, 9.17) is 14.2 Å². The Morgan fingerprint density at radius 2 is 2.00 bits per heavy atom. The van der Waals surface area contributed by atoms with Crippen molar-refractivity contribution in [3.8, 4) is 5.75 Å². The van der Waals surface area contributed by atoms with Crippen LogP contribution >= 0.6 is 0 Å². The Morgan fingerprint density at radius 3 is 2.62 bits per heavy atom. The number of morpholine rings is 1. The number of carbonyl (C=O) groups is 2. The fraction of sp³-hybridized carbons (Fsp3) is 0.500. The molecule has 0 spiro atoms. The highest BCUT2D eigenvalue weighted by atomic mass is 16.5. The normalized spacial score (nSPS) is 23.1. The van der Waals surface area contributed by atoms with Crippen LogP contribution < -0.4 is 10.1 Å². The van der Waals surface area contributed by atoms with Crippen LogP contribution in [0.3, 0.4) is 0 Å². The largest absolute Gasteiger partial charge is 0.497 e. The van der Waals surface area contributed by atoms with Gasteiger partial charge in [-0.1, -0.05) is 12.1 Å². The van der Waals surface area contributed by atoms with Gasteiger partial charge in [0.15, 0.2) is 5.92 Å². The van der Waals surface area contributed by atoms with Crippen LogP contribution in [0.2, 0.25) is 0 Å². The third-order valence-electron chi connectivity index (χ3n) is 4.40. The highest BCUT2D eigenvalue weighted by Crippen LogP contribution is 2.32. The third-order valence-corrected chi connectivity index (χ3v) is 4.40. The Bertz CT molecular complexity index is 683. The molecule has 2 aliphatic rings. The van der Waals surface area contributed by atoms with Gasteiger partial charge in [0.25, 0.3) is 0 Å². The summed E-state index contributed by atoms with van der Waals surface area (Å²) in [5.74, 6) is -0.830. The van der Waals surface area contributed by atoms with Gasteiger partial charge in [0.2, 0.25) is 11.9 Å². The molecule has 3 rings (SSSR count). The van der Waals surface area contributed by atoms with Crippen molar-refractivity contribution < 1.29 is 23.8 Å². The maximum Gasteiger partial charge on any atom is 0.321 e. The molecule has 0 bridgehead atoms. The van der Waals surface area contributed by atoms with Crippen molar-refractivity contribution in [2.24, 2.45) is 10.9 Å². The lowest BCUT2D eigenvalue weighted by Crippen LogP contribution is -2.55. The van der Waals surface area contributed by atoms with Gasteiger partial charge in [0, 0.05) is 13.1 Å². The van der Waals surface area contributed by atoms with Crippen molar-refractivity contribution in [2.45, 2.75) is 13.0 Å². The number of esters is 1. The van der Waals surface area contributed by atoms with E-state index in [1.807, 2.05) is 17.0 Å². The molecule has 8 heteroatoms. The molecule has 1 aromatic rings. The number of benzene rings is 1. The van der Waals surface area contributed by atoms with Gasteiger partial charge >= 0.3 is 5.97 Å². The molecule has 26 heavy (non-hydrogen) atoms. The fourth-order valence-corrected chi connectivity index (χ4v) is 3.04. The number of amides is 1. The first kappa shape index (κ1) is 18.2. The molecular formula is C18H23N3O5. The Kier molecular flexibility index (Phi) is 5.72. The van der Waals surface area contributed by atoms with Crippen LogP contribution in [0.1, 0.15) is 18.5 Å². The van der Waals surface area contributed by atoms with Crippen LogP contribution in [0.5, 0.6) is 5.75 Å². The van der Waals surface area contributed by atoms with Crippen LogP contribution in [0.15, 0.2) is 29.3 Å². The van der Waals surface area contributed by atoms with Crippen molar-refractivity contribution >= 4 is 17.8 Å². The zero-order valence-corrected chi connectivity index (χ0v) is 14.9. The Labute approximate surface area is 152 Å². The number of nitrogens with one attached hydrogen (secondary N) is 1. The summed E-state index contributed by atoms with van der Waals surface area (Å²) in [6.07, 6.45) is 0. The highest BCUT2D eigenvalue weighted by molar-refractivity contribution is 6.08. The van der Waals surface area contributed by atoms with E-state index >= 15 is 0 Å². The molecule has 1 saturated heterocycles. The van der Waals surface area contributed by atoms with Gasteiger partial charge in [0.05, 0.1) is 26.9 Å². The molecule has 0 saturated carbocycles. The van der Waals surface area contributed by atoms with E-state index in [0.29, 0.717) is 38.0 Å². The molecule has 2 aliphatic heterocycles. The maximum atomic E-state index is 12.7. The minimum atomic E-state index is -1.02. The van der Waals surface area contributed by atoms with Gasteiger partial charge in [-0.15, -0.1) is 0 Å². The SMILES string of the molecule is CCOC(=O)C1C(=O)NC(N2CCOCC2)=NC1c1ccc(OC)cc1. The first-order chi connectivity index (χ1) is 12.6. The van der Waals surface area contributed by atoms with Gasteiger partial charge in [0.1, 0.15) is 11.8 Å². The van der Waals surface area contributed by atoms with E-state index in [1.165, 1.54) is 0 Å². The smallest absolute Gasteiger partial charge is 0.321 e. The van der Waals surface area contributed by atoms with Gasteiger partial charge in [-0.05, 0) is 24.6 Å². The standard InChI is InChI=1S/C18H23N3O5/c1-3-26-17(23)14-15(12-4-6-13(24-2)7-5-12)19-18(20-16(14)22)21-8-10-25-11-9-21/h4-7,14-15H,3,8-11H2,1-2H3,(H,19,20,22). The number of carbonyl (C=O) groups excluding carboxylic acids is 2. The van der Waals surface area contributed by atoms with Crippen molar-refractivity contribution in [1.82, 2.24) is 10.2 Å². The predicted molar refractivity (Wildman–Crippen MR) is 93.8 cm³/mol. The lowest BCUT2D eigenvalue weighted by Gasteiger charge is -2.35. The molecule has 1 aromatic carbocycles. The van der Waals surface area contributed by atoms with E-state index in [1.54, 1.807) is 26.2 Å². The van der Waals surface area contributed by atoms with Gasteiger partial charge in [-0.25, -0.2) is 4.99 Å². The first-order valence-electron chi connectivity index (χ1n) is 8.66. The van der Waals surface area contributed by atoms with E-state index in [0.717, 1.165) is 5.56 Å². The summed E-state index contributed by atoms with van der Waals surface area (Å²) >= 11 is 0. The molecular weight excluding hydrogens is 338 g/mol. The van der Waals surface area contributed by atoms with Gasteiger partial charge in [-0.3, -0.25) is 14.9 Å². The van der Waals surface area contributed by atoms with E-state index in [9.17, 15) is 9.59 Å². The van der Waals surface area contributed by atoms with E-state index in [2.05, 4.69) is 10.3 Å². The predicted octanol–water partition coefficient (Wildman–Crippen LogP) is 0.734. The maximum absolute atomic E-state index is 12.7. The number of methoxy groups -OCH3 is 1. The minimum absolute atomic E-state index is 0.206. The number of aliphatic imine (C=N–C) groups is 1. The minimum Gasteiger partial charge on any atom is -0.497 e.